The Balaban J connectivity index is 2.16. The third kappa shape index (κ3) is 3.05. The summed E-state index contributed by atoms with van der Waals surface area (Å²) in [7, 11) is 0. The zero-order chi connectivity index (χ0) is 14.8. The minimum Gasteiger partial charge on any atom is -0.396 e. The predicted molar refractivity (Wildman–Crippen MR) is 68.0 cm³/mol. The number of nitrogens with one attached hydrogen (secondary N) is 1. The van der Waals surface area contributed by atoms with Gasteiger partial charge in [0.2, 0.25) is 0 Å². The summed E-state index contributed by atoms with van der Waals surface area (Å²) < 4.78 is 37.2. The summed E-state index contributed by atoms with van der Waals surface area (Å²) in [5, 5.41) is 2.50. The van der Waals surface area contributed by atoms with Gasteiger partial charge < -0.3 is 11.1 Å². The second-order valence-electron chi connectivity index (χ2n) is 3.99. The Labute approximate surface area is 112 Å². The Kier molecular flexibility index (Phi) is 3.60. The molecule has 104 valence electrons. The summed E-state index contributed by atoms with van der Waals surface area (Å²) in [6.07, 6.45) is -1.62. The number of halogens is 3. The number of hydrogen-bond acceptors (Lipinski definition) is 3. The largest absolute Gasteiger partial charge is 0.416 e. The number of anilines is 2. The van der Waals surface area contributed by atoms with Gasteiger partial charge in [-0.15, -0.1) is 0 Å². The van der Waals surface area contributed by atoms with Crippen LogP contribution in [0.3, 0.4) is 0 Å². The van der Waals surface area contributed by atoms with Crippen LogP contribution in [0.25, 0.3) is 0 Å². The average Bonchev–Trinajstić information content (AvgIpc) is 2.40. The molecule has 1 heterocycles. The van der Waals surface area contributed by atoms with Crippen molar-refractivity contribution in [1.82, 2.24) is 4.98 Å². The first-order valence-corrected chi connectivity index (χ1v) is 5.56. The number of nitrogens with two attached hydrogens (primary N) is 1. The second kappa shape index (κ2) is 5.20. The van der Waals surface area contributed by atoms with Gasteiger partial charge in [-0.05, 0) is 30.3 Å². The molecule has 7 heteroatoms. The van der Waals surface area contributed by atoms with Crippen molar-refractivity contribution >= 4 is 17.3 Å². The van der Waals surface area contributed by atoms with E-state index in [0.29, 0.717) is 5.69 Å². The first-order chi connectivity index (χ1) is 9.38. The first kappa shape index (κ1) is 13.9. The van der Waals surface area contributed by atoms with E-state index in [9.17, 15) is 18.0 Å². The highest BCUT2D eigenvalue weighted by molar-refractivity contribution is 6.05. The van der Waals surface area contributed by atoms with Crippen molar-refractivity contribution in [3.63, 3.8) is 0 Å². The Morgan fingerprint density at radius 3 is 2.35 bits per heavy atom. The quantitative estimate of drug-likeness (QED) is 0.889. The van der Waals surface area contributed by atoms with Gasteiger partial charge >= 0.3 is 6.18 Å². The highest BCUT2D eigenvalue weighted by Crippen LogP contribution is 2.29. The van der Waals surface area contributed by atoms with E-state index >= 15 is 0 Å². The highest BCUT2D eigenvalue weighted by atomic mass is 19.4. The van der Waals surface area contributed by atoms with E-state index in [4.69, 9.17) is 5.73 Å². The number of carbonyl (C=O) groups excluding carboxylic acids is 1. The van der Waals surface area contributed by atoms with Gasteiger partial charge in [0, 0.05) is 11.8 Å². The number of pyridine rings is 1. The molecule has 0 fully saturated rings. The predicted octanol–water partition coefficient (Wildman–Crippen LogP) is 2.93. The molecule has 1 amide bonds. The first-order valence-electron chi connectivity index (χ1n) is 5.56. The number of benzene rings is 1. The van der Waals surface area contributed by atoms with Crippen molar-refractivity contribution in [3.8, 4) is 0 Å². The highest BCUT2D eigenvalue weighted by Gasteiger charge is 2.30. The Morgan fingerprint density at radius 1 is 1.15 bits per heavy atom. The Morgan fingerprint density at radius 2 is 1.80 bits per heavy atom. The lowest BCUT2D eigenvalue weighted by Gasteiger charge is -2.09. The molecule has 1 aromatic heterocycles. The molecular weight excluding hydrogens is 271 g/mol. The molecule has 0 aliphatic carbocycles. The van der Waals surface area contributed by atoms with E-state index in [1.165, 1.54) is 18.5 Å². The van der Waals surface area contributed by atoms with Gasteiger partial charge in [0.15, 0.2) is 0 Å². The normalized spacial score (nSPS) is 11.2. The van der Waals surface area contributed by atoms with Crippen molar-refractivity contribution < 1.29 is 18.0 Å². The zero-order valence-corrected chi connectivity index (χ0v) is 10.1. The fourth-order valence-electron chi connectivity index (χ4n) is 1.53. The molecule has 0 aliphatic rings. The summed E-state index contributed by atoms with van der Waals surface area (Å²) in [5.41, 5.74) is 5.52. The lowest BCUT2D eigenvalue weighted by molar-refractivity contribution is -0.137. The number of alkyl halides is 3. The van der Waals surface area contributed by atoms with Gasteiger partial charge in [0.25, 0.3) is 5.91 Å². The number of hydrogen-bond donors (Lipinski definition) is 2. The number of carbonyl (C=O) groups is 1. The number of amides is 1. The molecule has 0 radical (unpaired) electrons. The fraction of sp³-hybridized carbons (Fsp3) is 0.0769. The Hall–Kier alpha value is -2.57. The van der Waals surface area contributed by atoms with Crippen LogP contribution >= 0.6 is 0 Å². The van der Waals surface area contributed by atoms with E-state index in [2.05, 4.69) is 10.3 Å². The van der Waals surface area contributed by atoms with Gasteiger partial charge in [-0.2, -0.15) is 13.2 Å². The lowest BCUT2D eigenvalue weighted by atomic mass is 10.1. The van der Waals surface area contributed by atoms with Crippen LogP contribution in [0, 0.1) is 0 Å². The van der Waals surface area contributed by atoms with Crippen LogP contribution in [0.2, 0.25) is 0 Å². The summed E-state index contributed by atoms with van der Waals surface area (Å²) in [5.74, 6) is -0.545. The molecule has 3 N–H and O–H groups in total. The van der Waals surface area contributed by atoms with Crippen LogP contribution in [0.4, 0.5) is 24.5 Å². The Bertz CT molecular complexity index is 624. The van der Waals surface area contributed by atoms with E-state index in [1.807, 2.05) is 0 Å². The van der Waals surface area contributed by atoms with Crippen molar-refractivity contribution in [2.24, 2.45) is 0 Å². The van der Waals surface area contributed by atoms with Crippen LogP contribution in [-0.4, -0.2) is 10.9 Å². The van der Waals surface area contributed by atoms with Crippen LogP contribution < -0.4 is 11.1 Å². The maximum absolute atomic E-state index is 12.4. The molecule has 0 aliphatic heterocycles. The summed E-state index contributed by atoms with van der Waals surface area (Å²) >= 11 is 0. The van der Waals surface area contributed by atoms with E-state index in [-0.39, 0.29) is 11.3 Å². The fourth-order valence-corrected chi connectivity index (χ4v) is 1.53. The van der Waals surface area contributed by atoms with Crippen LogP contribution in [0.5, 0.6) is 0 Å². The van der Waals surface area contributed by atoms with E-state index in [0.717, 1.165) is 24.3 Å². The van der Waals surface area contributed by atoms with Gasteiger partial charge in [-0.25, -0.2) is 0 Å². The van der Waals surface area contributed by atoms with Crippen molar-refractivity contribution in [2.75, 3.05) is 11.1 Å². The topological polar surface area (TPSA) is 68.0 Å². The summed E-state index contributed by atoms with van der Waals surface area (Å²) in [6, 6.07) is 5.41. The number of nitrogen functional groups attached to an aromatic ring is 1. The molecule has 0 bridgehead atoms. The minimum absolute atomic E-state index is 0.106. The summed E-state index contributed by atoms with van der Waals surface area (Å²) in [4.78, 5) is 15.6. The average molecular weight is 281 g/mol. The molecular formula is C13H10F3N3O. The van der Waals surface area contributed by atoms with E-state index < -0.39 is 17.6 Å². The molecule has 1 aromatic carbocycles. The minimum atomic E-state index is -4.43. The molecule has 0 spiro atoms. The standard InChI is InChI=1S/C13H10F3N3O/c14-13(15,16)9-3-1-8(2-4-9)12(20)19-11-5-6-18-7-10(11)17/h1-7H,17H2,(H,18,19,20). The molecule has 2 aromatic rings. The third-order valence-corrected chi connectivity index (χ3v) is 2.57. The number of nitrogens with zero attached hydrogens (tertiary/aromatic N) is 1. The molecule has 0 saturated carbocycles. The third-order valence-electron chi connectivity index (χ3n) is 2.57. The maximum Gasteiger partial charge on any atom is 0.416 e. The van der Waals surface area contributed by atoms with Gasteiger partial charge in [0.05, 0.1) is 23.1 Å². The molecule has 4 nitrogen and oxygen atoms in total. The smallest absolute Gasteiger partial charge is 0.396 e. The molecule has 0 saturated heterocycles. The van der Waals surface area contributed by atoms with Crippen LogP contribution in [0.1, 0.15) is 15.9 Å². The van der Waals surface area contributed by atoms with Gasteiger partial charge in [-0.1, -0.05) is 0 Å². The molecule has 0 atom stereocenters. The maximum atomic E-state index is 12.4. The zero-order valence-electron chi connectivity index (χ0n) is 10.1. The van der Waals surface area contributed by atoms with Crippen LogP contribution in [0.15, 0.2) is 42.7 Å². The van der Waals surface area contributed by atoms with Crippen molar-refractivity contribution in [1.29, 1.82) is 0 Å². The monoisotopic (exact) mass is 281 g/mol. The van der Waals surface area contributed by atoms with Crippen LogP contribution in [-0.2, 0) is 6.18 Å². The van der Waals surface area contributed by atoms with Crippen molar-refractivity contribution in [2.45, 2.75) is 6.18 Å². The van der Waals surface area contributed by atoms with E-state index in [1.54, 1.807) is 0 Å². The summed E-state index contributed by atoms with van der Waals surface area (Å²) in [6.45, 7) is 0. The number of rotatable bonds is 2. The molecule has 20 heavy (non-hydrogen) atoms. The SMILES string of the molecule is Nc1cnccc1NC(=O)c1ccc(C(F)(F)F)cc1. The molecule has 0 unspecified atom stereocenters. The van der Waals surface area contributed by atoms with Gasteiger partial charge in [0.1, 0.15) is 0 Å². The number of aromatic nitrogens is 1. The van der Waals surface area contributed by atoms with Gasteiger partial charge in [-0.3, -0.25) is 9.78 Å². The molecule has 2 rings (SSSR count). The second-order valence-corrected chi connectivity index (χ2v) is 3.99. The lowest BCUT2D eigenvalue weighted by Crippen LogP contribution is -2.14. The van der Waals surface area contributed by atoms with Crippen molar-refractivity contribution in [3.05, 3.63) is 53.9 Å².